The predicted octanol–water partition coefficient (Wildman–Crippen LogP) is 2.32. The molecule has 0 spiro atoms. The van der Waals surface area contributed by atoms with E-state index in [0.29, 0.717) is 6.61 Å². The monoisotopic (exact) mass is 270 g/mol. The van der Waals surface area contributed by atoms with E-state index in [2.05, 4.69) is 15.9 Å². The molecule has 0 radical (unpaired) electrons. The van der Waals surface area contributed by atoms with E-state index in [1.807, 2.05) is 18.2 Å². The number of aliphatic carboxylic acids is 1. The van der Waals surface area contributed by atoms with Crippen LogP contribution in [0.5, 0.6) is 0 Å². The van der Waals surface area contributed by atoms with Crippen molar-refractivity contribution in [3.8, 4) is 0 Å². The lowest BCUT2D eigenvalue weighted by Crippen LogP contribution is -2.41. The summed E-state index contributed by atoms with van der Waals surface area (Å²) in [6, 6.07) is 5.67. The van der Waals surface area contributed by atoms with Crippen LogP contribution in [0.25, 0.3) is 0 Å². The third-order valence-electron chi connectivity index (χ3n) is 2.79. The summed E-state index contributed by atoms with van der Waals surface area (Å²) in [7, 11) is 0. The van der Waals surface area contributed by atoms with Crippen molar-refractivity contribution >= 4 is 21.9 Å². The van der Waals surface area contributed by atoms with Crippen molar-refractivity contribution in [1.29, 1.82) is 0 Å². The van der Waals surface area contributed by atoms with Gasteiger partial charge in [0, 0.05) is 4.47 Å². The molecule has 1 aromatic carbocycles. The maximum absolute atomic E-state index is 11.3. The maximum atomic E-state index is 11.3. The van der Waals surface area contributed by atoms with E-state index in [1.54, 1.807) is 6.92 Å². The predicted molar refractivity (Wildman–Crippen MR) is 58.8 cm³/mol. The van der Waals surface area contributed by atoms with E-state index in [0.717, 1.165) is 15.6 Å². The van der Waals surface area contributed by atoms with Gasteiger partial charge >= 0.3 is 5.97 Å². The zero-order valence-corrected chi connectivity index (χ0v) is 9.87. The van der Waals surface area contributed by atoms with Crippen molar-refractivity contribution in [1.82, 2.24) is 0 Å². The molecule has 15 heavy (non-hydrogen) atoms. The topological polar surface area (TPSA) is 46.5 Å². The number of carboxylic acids is 1. The molecule has 1 aliphatic rings. The number of hydrogen-bond acceptors (Lipinski definition) is 2. The van der Waals surface area contributed by atoms with Gasteiger partial charge in [-0.1, -0.05) is 22.0 Å². The van der Waals surface area contributed by atoms with Gasteiger partial charge < -0.3 is 9.84 Å². The lowest BCUT2D eigenvalue weighted by atomic mass is 9.79. The first kappa shape index (κ1) is 10.6. The van der Waals surface area contributed by atoms with E-state index in [1.165, 1.54) is 0 Å². The summed E-state index contributed by atoms with van der Waals surface area (Å²) in [5.74, 6) is -0.846. The van der Waals surface area contributed by atoms with Crippen molar-refractivity contribution < 1.29 is 14.6 Å². The first-order chi connectivity index (χ1) is 7.04. The summed E-state index contributed by atoms with van der Waals surface area (Å²) < 4.78 is 6.22. The fraction of sp³-hybridized carbons (Fsp3) is 0.364. The van der Waals surface area contributed by atoms with Gasteiger partial charge in [-0.2, -0.15) is 0 Å². The van der Waals surface area contributed by atoms with Crippen molar-refractivity contribution in [3.05, 3.63) is 33.8 Å². The van der Waals surface area contributed by atoms with Crippen LogP contribution in [0.15, 0.2) is 22.7 Å². The second kappa shape index (κ2) is 3.61. The number of fused-ring (bicyclic) bond motifs is 1. The highest BCUT2D eigenvalue weighted by Gasteiger charge is 2.40. The molecule has 4 heteroatoms. The molecule has 1 atom stereocenters. The summed E-state index contributed by atoms with van der Waals surface area (Å²) >= 11 is 3.36. The molecule has 3 nitrogen and oxygen atoms in total. The largest absolute Gasteiger partial charge is 0.481 e. The van der Waals surface area contributed by atoms with Crippen LogP contribution >= 0.6 is 15.9 Å². The molecule has 0 saturated carbocycles. The van der Waals surface area contributed by atoms with Gasteiger partial charge in [-0.15, -0.1) is 0 Å². The summed E-state index contributed by atoms with van der Waals surface area (Å²) in [6.07, 6.45) is 0. The number of halogens is 1. The van der Waals surface area contributed by atoms with Crippen LogP contribution in [0.4, 0.5) is 0 Å². The molecule has 2 rings (SSSR count). The Morgan fingerprint density at radius 1 is 1.60 bits per heavy atom. The highest BCUT2D eigenvalue weighted by Crippen LogP contribution is 2.34. The average molecular weight is 271 g/mol. The Hall–Kier alpha value is -0.870. The van der Waals surface area contributed by atoms with Crippen LogP contribution < -0.4 is 0 Å². The van der Waals surface area contributed by atoms with Gasteiger partial charge in [0.15, 0.2) is 0 Å². The highest BCUT2D eigenvalue weighted by molar-refractivity contribution is 9.10. The van der Waals surface area contributed by atoms with Crippen LogP contribution in [-0.2, 0) is 21.6 Å². The molecule has 0 saturated heterocycles. The summed E-state index contributed by atoms with van der Waals surface area (Å²) in [4.78, 5) is 11.3. The normalized spacial score (nSPS) is 24.7. The highest BCUT2D eigenvalue weighted by atomic mass is 79.9. The molecule has 1 aliphatic heterocycles. The van der Waals surface area contributed by atoms with Gasteiger partial charge in [0.25, 0.3) is 0 Å². The standard InChI is InChI=1S/C11H11BrO3/c1-11(10(13)14)6-15-5-7-2-3-8(12)4-9(7)11/h2-4H,5-6H2,1H3,(H,13,14). The minimum Gasteiger partial charge on any atom is -0.481 e. The molecule has 0 aromatic heterocycles. The van der Waals surface area contributed by atoms with Gasteiger partial charge in [0.2, 0.25) is 0 Å². The number of ether oxygens (including phenoxy) is 1. The molecule has 0 bridgehead atoms. The fourth-order valence-electron chi connectivity index (χ4n) is 1.81. The zero-order valence-electron chi connectivity index (χ0n) is 8.29. The van der Waals surface area contributed by atoms with Crippen molar-refractivity contribution in [2.75, 3.05) is 6.61 Å². The van der Waals surface area contributed by atoms with Gasteiger partial charge in [-0.3, -0.25) is 4.79 Å². The van der Waals surface area contributed by atoms with Crippen LogP contribution in [0.3, 0.4) is 0 Å². The quantitative estimate of drug-likeness (QED) is 0.852. The second-order valence-electron chi connectivity index (χ2n) is 3.93. The first-order valence-corrected chi connectivity index (χ1v) is 5.43. The minimum absolute atomic E-state index is 0.228. The maximum Gasteiger partial charge on any atom is 0.316 e. The molecule has 1 unspecified atom stereocenters. The zero-order chi connectivity index (χ0) is 11.1. The van der Waals surface area contributed by atoms with Gasteiger partial charge in [-0.05, 0) is 30.2 Å². The molecule has 0 fully saturated rings. The average Bonchev–Trinajstić information content (AvgIpc) is 2.19. The summed E-state index contributed by atoms with van der Waals surface area (Å²) in [5.41, 5.74) is 0.863. The third kappa shape index (κ3) is 1.68. The molecule has 80 valence electrons. The molecule has 1 N–H and O–H groups in total. The Kier molecular flexibility index (Phi) is 2.56. The Morgan fingerprint density at radius 3 is 3.00 bits per heavy atom. The SMILES string of the molecule is CC1(C(=O)O)COCc2ccc(Br)cc21. The molecule has 0 aliphatic carbocycles. The third-order valence-corrected chi connectivity index (χ3v) is 3.28. The Morgan fingerprint density at radius 2 is 2.33 bits per heavy atom. The first-order valence-electron chi connectivity index (χ1n) is 4.64. The van der Waals surface area contributed by atoms with Crippen LogP contribution in [0.1, 0.15) is 18.1 Å². The van der Waals surface area contributed by atoms with Crippen molar-refractivity contribution in [3.63, 3.8) is 0 Å². The molecule has 0 amide bonds. The van der Waals surface area contributed by atoms with E-state index in [9.17, 15) is 9.90 Å². The molecular weight excluding hydrogens is 260 g/mol. The number of rotatable bonds is 1. The lowest BCUT2D eigenvalue weighted by molar-refractivity contribution is -0.146. The van der Waals surface area contributed by atoms with E-state index < -0.39 is 11.4 Å². The van der Waals surface area contributed by atoms with Gasteiger partial charge in [0.1, 0.15) is 5.41 Å². The number of carboxylic acid groups (broad SMARTS) is 1. The number of hydrogen-bond donors (Lipinski definition) is 1. The summed E-state index contributed by atoms with van der Waals surface area (Å²) in [5, 5.41) is 9.24. The Bertz CT molecular complexity index is 416. The summed E-state index contributed by atoms with van der Waals surface area (Å²) in [6.45, 7) is 2.41. The number of benzene rings is 1. The molecular formula is C11H11BrO3. The van der Waals surface area contributed by atoms with Crippen molar-refractivity contribution in [2.45, 2.75) is 18.9 Å². The minimum atomic E-state index is -0.933. The fourth-order valence-corrected chi connectivity index (χ4v) is 2.17. The van der Waals surface area contributed by atoms with Gasteiger partial charge in [-0.25, -0.2) is 0 Å². The van der Waals surface area contributed by atoms with Crippen LogP contribution in [0.2, 0.25) is 0 Å². The van der Waals surface area contributed by atoms with E-state index in [-0.39, 0.29) is 6.61 Å². The van der Waals surface area contributed by atoms with Gasteiger partial charge in [0.05, 0.1) is 13.2 Å². The Labute approximate surface area is 96.2 Å². The van der Waals surface area contributed by atoms with E-state index in [4.69, 9.17) is 4.74 Å². The van der Waals surface area contributed by atoms with E-state index >= 15 is 0 Å². The van der Waals surface area contributed by atoms with Crippen LogP contribution in [-0.4, -0.2) is 17.7 Å². The lowest BCUT2D eigenvalue weighted by Gasteiger charge is -2.32. The second-order valence-corrected chi connectivity index (χ2v) is 4.85. The Balaban J connectivity index is 2.59. The van der Waals surface area contributed by atoms with Crippen molar-refractivity contribution in [2.24, 2.45) is 0 Å². The molecule has 1 aromatic rings. The smallest absolute Gasteiger partial charge is 0.316 e. The molecule has 1 heterocycles. The number of carbonyl (C=O) groups is 1. The van der Waals surface area contributed by atoms with Crippen LogP contribution in [0, 0.1) is 0 Å².